The van der Waals surface area contributed by atoms with E-state index in [0.717, 1.165) is 5.39 Å². The van der Waals surface area contributed by atoms with Gasteiger partial charge in [-0.25, -0.2) is 0 Å². The van der Waals surface area contributed by atoms with Gasteiger partial charge in [-0.05, 0) is 18.1 Å². The van der Waals surface area contributed by atoms with Crippen molar-refractivity contribution in [2.75, 3.05) is 0 Å². The number of nitrogens with one attached hydrogen (secondary N) is 1. The molecular weight excluding hydrogens is 346 g/mol. The summed E-state index contributed by atoms with van der Waals surface area (Å²) in [4.78, 5) is 27.1. The minimum atomic E-state index is -0.727. The number of aromatic hydroxyl groups is 1. The summed E-state index contributed by atoms with van der Waals surface area (Å²) in [5.41, 5.74) is 1.28. The maximum atomic E-state index is 12.3. The molecule has 2 aromatic carbocycles. The number of nitrogens with zero attached hydrogens (tertiary/aromatic N) is 2. The van der Waals surface area contributed by atoms with Crippen molar-refractivity contribution >= 4 is 22.5 Å². The number of fused-ring (bicyclic) bond motifs is 1. The largest absolute Gasteiger partial charge is 0.505 e. The van der Waals surface area contributed by atoms with Crippen molar-refractivity contribution in [1.82, 2.24) is 10.3 Å². The van der Waals surface area contributed by atoms with Gasteiger partial charge < -0.3 is 10.4 Å². The van der Waals surface area contributed by atoms with Crippen molar-refractivity contribution in [2.24, 2.45) is 0 Å². The number of hydrogen-bond donors (Lipinski definition) is 2. The van der Waals surface area contributed by atoms with Gasteiger partial charge in [-0.3, -0.25) is 19.9 Å². The van der Waals surface area contributed by atoms with Crippen molar-refractivity contribution in [3.05, 3.63) is 76.0 Å². The second-order valence-electron chi connectivity index (χ2n) is 6.18. The van der Waals surface area contributed by atoms with Crippen LogP contribution in [0.1, 0.15) is 36.9 Å². The van der Waals surface area contributed by atoms with Crippen LogP contribution in [0.5, 0.6) is 5.75 Å². The molecule has 0 fully saturated rings. The predicted octanol–water partition coefficient (Wildman–Crippen LogP) is 3.85. The summed E-state index contributed by atoms with van der Waals surface area (Å²) < 4.78 is 0. The van der Waals surface area contributed by atoms with Crippen LogP contribution in [0.2, 0.25) is 0 Å². The number of phenolic OH excluding ortho intramolecular Hbond substituents is 1. The third kappa shape index (κ3) is 3.87. The lowest BCUT2D eigenvalue weighted by Gasteiger charge is -2.21. The summed E-state index contributed by atoms with van der Waals surface area (Å²) in [7, 11) is 0. The second kappa shape index (κ2) is 7.82. The van der Waals surface area contributed by atoms with Crippen molar-refractivity contribution in [2.45, 2.75) is 25.8 Å². The first-order valence-corrected chi connectivity index (χ1v) is 8.61. The Hall–Kier alpha value is -3.48. The summed E-state index contributed by atoms with van der Waals surface area (Å²) in [6, 6.07) is 12.4. The molecule has 27 heavy (non-hydrogen) atoms. The number of hydrogen-bond acceptors (Lipinski definition) is 5. The van der Waals surface area contributed by atoms with Gasteiger partial charge in [0, 0.05) is 35.7 Å². The molecule has 0 aliphatic heterocycles. The standard InChI is InChI=1S/C20H19N3O4/c1-2-5-17(24)22-18(14-6-3-8-15(12-14)23(26)27)16-10-9-13-7-4-11-21-19(13)20(16)25/h3-4,6-12,18,25H,2,5H2,1H3,(H,22,24)/t18-/m0/s1. The zero-order valence-electron chi connectivity index (χ0n) is 14.8. The van der Waals surface area contributed by atoms with Gasteiger partial charge in [-0.2, -0.15) is 0 Å². The van der Waals surface area contributed by atoms with Crippen LogP contribution in [-0.4, -0.2) is 20.9 Å². The number of carbonyl (C=O) groups is 1. The number of amides is 1. The number of pyridine rings is 1. The molecule has 138 valence electrons. The Balaban J connectivity index is 2.13. The molecule has 2 N–H and O–H groups in total. The lowest BCUT2D eigenvalue weighted by atomic mass is 9.95. The van der Waals surface area contributed by atoms with E-state index >= 15 is 0 Å². The molecule has 0 aliphatic rings. The van der Waals surface area contributed by atoms with E-state index in [0.29, 0.717) is 29.5 Å². The summed E-state index contributed by atoms with van der Waals surface area (Å²) in [5, 5.41) is 25.5. The normalized spacial score (nSPS) is 11.9. The summed E-state index contributed by atoms with van der Waals surface area (Å²) in [6.45, 7) is 1.89. The molecule has 0 spiro atoms. The number of nitro benzene ring substituents is 1. The highest BCUT2D eigenvalue weighted by Crippen LogP contribution is 2.35. The van der Waals surface area contributed by atoms with Crippen LogP contribution in [0, 0.1) is 10.1 Å². The highest BCUT2D eigenvalue weighted by atomic mass is 16.6. The van der Waals surface area contributed by atoms with Crippen LogP contribution in [0.15, 0.2) is 54.7 Å². The van der Waals surface area contributed by atoms with E-state index in [9.17, 15) is 20.0 Å². The molecule has 1 atom stereocenters. The quantitative estimate of drug-likeness (QED) is 0.510. The van der Waals surface area contributed by atoms with Crippen LogP contribution < -0.4 is 5.32 Å². The monoisotopic (exact) mass is 365 g/mol. The molecule has 1 aromatic heterocycles. The minimum Gasteiger partial charge on any atom is -0.505 e. The summed E-state index contributed by atoms with van der Waals surface area (Å²) in [6.07, 6.45) is 2.56. The van der Waals surface area contributed by atoms with Gasteiger partial charge in [0.2, 0.25) is 5.91 Å². The number of aromatic nitrogens is 1. The maximum Gasteiger partial charge on any atom is 0.269 e. The fourth-order valence-corrected chi connectivity index (χ4v) is 3.00. The third-order valence-corrected chi connectivity index (χ3v) is 4.29. The van der Waals surface area contributed by atoms with E-state index < -0.39 is 11.0 Å². The van der Waals surface area contributed by atoms with Gasteiger partial charge in [0.1, 0.15) is 11.3 Å². The lowest BCUT2D eigenvalue weighted by Crippen LogP contribution is -2.29. The van der Waals surface area contributed by atoms with Crippen molar-refractivity contribution in [3.63, 3.8) is 0 Å². The number of nitro groups is 1. The number of non-ortho nitro benzene ring substituents is 1. The first-order valence-electron chi connectivity index (χ1n) is 8.61. The fraction of sp³-hybridized carbons (Fsp3) is 0.200. The minimum absolute atomic E-state index is 0.0543. The van der Waals surface area contributed by atoms with E-state index in [2.05, 4.69) is 10.3 Å². The van der Waals surface area contributed by atoms with Gasteiger partial charge in [0.15, 0.2) is 0 Å². The first-order chi connectivity index (χ1) is 13.0. The summed E-state index contributed by atoms with van der Waals surface area (Å²) >= 11 is 0. The Morgan fingerprint density at radius 1 is 1.26 bits per heavy atom. The Morgan fingerprint density at radius 3 is 2.81 bits per heavy atom. The average Bonchev–Trinajstić information content (AvgIpc) is 2.67. The maximum absolute atomic E-state index is 12.3. The number of phenols is 1. The van der Waals surface area contributed by atoms with Crippen molar-refractivity contribution in [1.29, 1.82) is 0 Å². The number of rotatable bonds is 6. The van der Waals surface area contributed by atoms with E-state index in [1.807, 2.05) is 13.0 Å². The van der Waals surface area contributed by atoms with Gasteiger partial charge in [0.25, 0.3) is 5.69 Å². The third-order valence-electron chi connectivity index (χ3n) is 4.29. The van der Waals surface area contributed by atoms with Crippen molar-refractivity contribution < 1.29 is 14.8 Å². The zero-order chi connectivity index (χ0) is 19.4. The second-order valence-corrected chi connectivity index (χ2v) is 6.18. The Labute approximate surface area is 155 Å². The molecular formula is C20H19N3O4. The molecule has 1 heterocycles. The smallest absolute Gasteiger partial charge is 0.269 e. The number of carbonyl (C=O) groups excluding carboxylic acids is 1. The van der Waals surface area contributed by atoms with E-state index in [1.54, 1.807) is 36.5 Å². The topological polar surface area (TPSA) is 105 Å². The molecule has 1 amide bonds. The van der Waals surface area contributed by atoms with E-state index in [1.165, 1.54) is 12.1 Å². The number of benzene rings is 2. The molecule has 0 saturated carbocycles. The fourth-order valence-electron chi connectivity index (χ4n) is 3.00. The Morgan fingerprint density at radius 2 is 2.07 bits per heavy atom. The highest BCUT2D eigenvalue weighted by molar-refractivity contribution is 5.86. The molecule has 3 aromatic rings. The predicted molar refractivity (Wildman–Crippen MR) is 101 cm³/mol. The Bertz CT molecular complexity index is 1000. The van der Waals surface area contributed by atoms with Gasteiger partial charge in [-0.15, -0.1) is 0 Å². The molecule has 7 nitrogen and oxygen atoms in total. The van der Waals surface area contributed by atoms with E-state index in [4.69, 9.17) is 0 Å². The van der Waals surface area contributed by atoms with Crippen LogP contribution in [-0.2, 0) is 4.79 Å². The van der Waals surface area contributed by atoms with Crippen LogP contribution >= 0.6 is 0 Å². The SMILES string of the molecule is CCCC(=O)N[C@@H](c1cccc([N+](=O)[O-])c1)c1ccc2cccnc2c1O. The average molecular weight is 365 g/mol. The van der Waals surface area contributed by atoms with Gasteiger partial charge >= 0.3 is 0 Å². The Kier molecular flexibility index (Phi) is 5.30. The molecule has 3 rings (SSSR count). The van der Waals surface area contributed by atoms with Crippen molar-refractivity contribution in [3.8, 4) is 5.75 Å². The molecule has 0 unspecified atom stereocenters. The molecule has 0 aliphatic carbocycles. The first kappa shape index (κ1) is 18.3. The van der Waals surface area contributed by atoms with E-state index in [-0.39, 0.29) is 17.3 Å². The molecule has 7 heteroatoms. The van der Waals surface area contributed by atoms with Gasteiger partial charge in [-0.1, -0.05) is 37.3 Å². The van der Waals surface area contributed by atoms with Crippen LogP contribution in [0.3, 0.4) is 0 Å². The molecule has 0 radical (unpaired) electrons. The van der Waals surface area contributed by atoms with Crippen LogP contribution in [0.4, 0.5) is 5.69 Å². The van der Waals surface area contributed by atoms with Gasteiger partial charge in [0.05, 0.1) is 11.0 Å². The molecule has 0 saturated heterocycles. The zero-order valence-corrected chi connectivity index (χ0v) is 14.8. The molecule has 0 bridgehead atoms. The lowest BCUT2D eigenvalue weighted by molar-refractivity contribution is -0.384. The summed E-state index contributed by atoms with van der Waals surface area (Å²) in [5.74, 6) is -0.254. The van der Waals surface area contributed by atoms with Crippen LogP contribution in [0.25, 0.3) is 10.9 Å². The highest BCUT2D eigenvalue weighted by Gasteiger charge is 2.23.